The van der Waals surface area contributed by atoms with Crippen LogP contribution in [0.1, 0.15) is 27.7 Å². The van der Waals surface area contributed by atoms with E-state index in [9.17, 15) is 17.6 Å². The number of alkyl halides is 3. The number of benzene rings is 1. The average Bonchev–Trinajstić information content (AvgIpc) is 2.50. The molecule has 2 rings (SSSR count). The minimum absolute atomic E-state index is 0. The lowest BCUT2D eigenvalue weighted by Crippen LogP contribution is -2.41. The summed E-state index contributed by atoms with van der Waals surface area (Å²) in [5, 5.41) is 0. The highest BCUT2D eigenvalue weighted by atomic mass is 35.5. The SMILES string of the molecule is CC1(C)OB(c2cc(OC(F)(F)F)c(N)cc2F)OC1(C)C.Cl. The van der Waals surface area contributed by atoms with Gasteiger partial charge in [0.15, 0.2) is 5.75 Å². The van der Waals surface area contributed by atoms with E-state index in [4.69, 9.17) is 15.0 Å². The van der Waals surface area contributed by atoms with E-state index >= 15 is 0 Å². The molecule has 0 aromatic heterocycles. The molecule has 4 nitrogen and oxygen atoms in total. The molecule has 0 aliphatic carbocycles. The highest BCUT2D eigenvalue weighted by Gasteiger charge is 2.52. The summed E-state index contributed by atoms with van der Waals surface area (Å²) in [5.74, 6) is -1.52. The molecule has 0 saturated carbocycles. The third-order valence-corrected chi connectivity index (χ3v) is 3.86. The largest absolute Gasteiger partial charge is 0.573 e. The highest BCUT2D eigenvalue weighted by molar-refractivity contribution is 6.62. The van der Waals surface area contributed by atoms with Crippen LogP contribution in [0.25, 0.3) is 0 Å². The van der Waals surface area contributed by atoms with E-state index in [0.29, 0.717) is 0 Å². The van der Waals surface area contributed by atoms with Crippen molar-refractivity contribution < 1.29 is 31.6 Å². The van der Waals surface area contributed by atoms with Gasteiger partial charge in [-0.15, -0.1) is 25.6 Å². The smallest absolute Gasteiger partial charge is 0.404 e. The quantitative estimate of drug-likeness (QED) is 0.502. The van der Waals surface area contributed by atoms with Gasteiger partial charge in [-0.25, -0.2) is 4.39 Å². The predicted molar refractivity (Wildman–Crippen MR) is 80.5 cm³/mol. The molecule has 2 N–H and O–H groups in total. The first-order valence-corrected chi connectivity index (χ1v) is 6.53. The summed E-state index contributed by atoms with van der Waals surface area (Å²) in [6.07, 6.45) is -4.93. The molecule has 0 amide bonds. The lowest BCUT2D eigenvalue weighted by atomic mass is 9.78. The first kappa shape index (κ1) is 19.9. The van der Waals surface area contributed by atoms with Crippen LogP contribution >= 0.6 is 12.4 Å². The molecule has 10 heteroatoms. The van der Waals surface area contributed by atoms with Crippen molar-refractivity contribution in [2.45, 2.75) is 45.3 Å². The van der Waals surface area contributed by atoms with E-state index in [1.807, 2.05) is 0 Å². The zero-order chi connectivity index (χ0) is 16.9. The Bertz CT molecular complexity index is 579. The topological polar surface area (TPSA) is 53.7 Å². The molecule has 1 saturated heterocycles. The van der Waals surface area contributed by atoms with Crippen LogP contribution in [0.15, 0.2) is 12.1 Å². The van der Waals surface area contributed by atoms with E-state index in [1.165, 1.54) is 0 Å². The average molecular weight is 358 g/mol. The molecule has 0 radical (unpaired) electrons. The van der Waals surface area contributed by atoms with Crippen LogP contribution in [0.5, 0.6) is 5.75 Å². The van der Waals surface area contributed by atoms with Gasteiger partial charge in [-0.1, -0.05) is 0 Å². The molecule has 1 heterocycles. The molecule has 1 aromatic carbocycles. The number of rotatable bonds is 2. The molecule has 1 fully saturated rings. The van der Waals surface area contributed by atoms with Crippen molar-refractivity contribution in [3.63, 3.8) is 0 Å². The van der Waals surface area contributed by atoms with Crippen LogP contribution in [0, 0.1) is 5.82 Å². The number of anilines is 1. The number of ether oxygens (including phenoxy) is 1. The Hall–Kier alpha value is -1.19. The number of hydrogen-bond donors (Lipinski definition) is 1. The normalized spacial score (nSPS) is 19.4. The summed E-state index contributed by atoms with van der Waals surface area (Å²) < 4.78 is 66.1. The Morgan fingerprint density at radius 1 is 1.09 bits per heavy atom. The van der Waals surface area contributed by atoms with Crippen molar-refractivity contribution in [1.29, 1.82) is 0 Å². The van der Waals surface area contributed by atoms with Crippen LogP contribution in [0.2, 0.25) is 0 Å². The molecular formula is C13H17BClF4NO3. The fraction of sp³-hybridized carbons (Fsp3) is 0.538. The van der Waals surface area contributed by atoms with E-state index < -0.39 is 41.9 Å². The van der Waals surface area contributed by atoms with Crippen molar-refractivity contribution >= 4 is 30.7 Å². The zero-order valence-corrected chi connectivity index (χ0v) is 13.8. The lowest BCUT2D eigenvalue weighted by Gasteiger charge is -2.32. The summed E-state index contributed by atoms with van der Waals surface area (Å²) in [6.45, 7) is 6.98. The summed E-state index contributed by atoms with van der Waals surface area (Å²) in [7, 11) is -1.15. The maximum Gasteiger partial charge on any atom is 0.573 e. The molecule has 1 aromatic rings. The Balaban J connectivity index is 0.00000264. The van der Waals surface area contributed by atoms with E-state index in [1.54, 1.807) is 27.7 Å². The number of halogens is 5. The highest BCUT2D eigenvalue weighted by Crippen LogP contribution is 2.37. The monoisotopic (exact) mass is 357 g/mol. The summed E-state index contributed by atoms with van der Waals surface area (Å²) >= 11 is 0. The van der Waals surface area contributed by atoms with Gasteiger partial charge in [0.05, 0.1) is 16.9 Å². The van der Waals surface area contributed by atoms with Crippen LogP contribution in [-0.2, 0) is 9.31 Å². The second-order valence-corrected chi connectivity index (χ2v) is 6.05. The van der Waals surface area contributed by atoms with Gasteiger partial charge in [-0.05, 0) is 33.8 Å². The minimum Gasteiger partial charge on any atom is -0.404 e. The van der Waals surface area contributed by atoms with Crippen molar-refractivity contribution in [3.05, 3.63) is 17.9 Å². The van der Waals surface area contributed by atoms with Crippen molar-refractivity contribution in [1.82, 2.24) is 0 Å². The predicted octanol–water partition coefficient (Wildman–Crippen LogP) is 3.03. The maximum absolute atomic E-state index is 14.0. The van der Waals surface area contributed by atoms with Crippen molar-refractivity contribution in [2.24, 2.45) is 0 Å². The van der Waals surface area contributed by atoms with Gasteiger partial charge in [-0.3, -0.25) is 0 Å². The molecule has 1 aliphatic heterocycles. The van der Waals surface area contributed by atoms with Gasteiger partial charge in [0, 0.05) is 11.5 Å². The van der Waals surface area contributed by atoms with Crippen LogP contribution in [-0.4, -0.2) is 24.7 Å². The summed E-state index contributed by atoms with van der Waals surface area (Å²) in [6, 6.07) is 1.60. The summed E-state index contributed by atoms with van der Waals surface area (Å²) in [4.78, 5) is 0. The zero-order valence-electron chi connectivity index (χ0n) is 13.0. The third kappa shape index (κ3) is 4.02. The van der Waals surface area contributed by atoms with Gasteiger partial charge in [0.1, 0.15) is 5.82 Å². The maximum atomic E-state index is 14.0. The fourth-order valence-corrected chi connectivity index (χ4v) is 1.95. The molecule has 1 aliphatic rings. The Morgan fingerprint density at radius 3 is 2.00 bits per heavy atom. The minimum atomic E-state index is -4.93. The van der Waals surface area contributed by atoms with Crippen LogP contribution in [0.3, 0.4) is 0 Å². The van der Waals surface area contributed by atoms with Gasteiger partial charge in [-0.2, -0.15) is 0 Å². The van der Waals surface area contributed by atoms with Crippen LogP contribution in [0.4, 0.5) is 23.2 Å². The third-order valence-electron chi connectivity index (χ3n) is 3.86. The second-order valence-electron chi connectivity index (χ2n) is 6.05. The van der Waals surface area contributed by atoms with Crippen LogP contribution < -0.4 is 15.9 Å². The first-order chi connectivity index (χ1) is 9.82. The Labute approximate surface area is 137 Å². The molecule has 130 valence electrons. The van der Waals surface area contributed by atoms with E-state index in [0.717, 1.165) is 12.1 Å². The number of hydrogen-bond acceptors (Lipinski definition) is 4. The fourth-order valence-electron chi connectivity index (χ4n) is 1.95. The molecule has 23 heavy (non-hydrogen) atoms. The van der Waals surface area contributed by atoms with Crippen molar-refractivity contribution in [2.75, 3.05) is 5.73 Å². The summed E-state index contributed by atoms with van der Waals surface area (Å²) in [5.41, 5.74) is 3.18. The molecule has 0 unspecified atom stereocenters. The van der Waals surface area contributed by atoms with E-state index in [2.05, 4.69) is 4.74 Å². The lowest BCUT2D eigenvalue weighted by molar-refractivity contribution is -0.274. The standard InChI is InChI=1S/C13H16BF4NO3.ClH/c1-11(2)12(3,4)22-14(21-11)7-5-10(20-13(16,17)18)9(19)6-8(7)15;/h5-6H,19H2,1-4H3;1H. The van der Waals surface area contributed by atoms with Gasteiger partial charge >= 0.3 is 13.5 Å². The van der Waals surface area contributed by atoms with Gasteiger partial charge < -0.3 is 19.8 Å². The molecular weight excluding hydrogens is 340 g/mol. The molecule has 0 atom stereocenters. The van der Waals surface area contributed by atoms with Gasteiger partial charge in [0.2, 0.25) is 0 Å². The number of nitrogen functional groups attached to an aromatic ring is 1. The van der Waals surface area contributed by atoms with Gasteiger partial charge in [0.25, 0.3) is 0 Å². The second kappa shape index (κ2) is 6.03. The van der Waals surface area contributed by atoms with Crippen molar-refractivity contribution in [3.8, 4) is 5.75 Å². The number of nitrogens with two attached hydrogens (primary N) is 1. The molecule has 0 bridgehead atoms. The van der Waals surface area contributed by atoms with E-state index in [-0.39, 0.29) is 17.9 Å². The Kier molecular flexibility index (Phi) is 5.21. The molecule has 0 spiro atoms. The first-order valence-electron chi connectivity index (χ1n) is 6.53. The Morgan fingerprint density at radius 2 is 1.57 bits per heavy atom.